The fourth-order valence-electron chi connectivity index (χ4n) is 5.89. The monoisotopic (exact) mass is 579 g/mol. The Hall–Kier alpha value is -3.82. The molecule has 5 rings (SSSR count). The van der Waals surface area contributed by atoms with E-state index < -0.39 is 23.3 Å². The minimum Gasteiger partial charge on any atom is -0.444 e. The number of aromatic nitrogens is 3. The lowest BCUT2D eigenvalue weighted by Crippen LogP contribution is -2.49. The van der Waals surface area contributed by atoms with E-state index >= 15 is 0 Å². The molecule has 0 bridgehead atoms. The molecule has 224 valence electrons. The molecular weight excluding hydrogens is 540 g/mol. The Morgan fingerprint density at radius 2 is 1.79 bits per heavy atom. The molecule has 2 aliphatic rings. The number of halogens is 2. The van der Waals surface area contributed by atoms with Gasteiger partial charge in [0.1, 0.15) is 11.4 Å². The van der Waals surface area contributed by atoms with Crippen LogP contribution >= 0.6 is 0 Å². The highest BCUT2D eigenvalue weighted by Crippen LogP contribution is 2.47. The van der Waals surface area contributed by atoms with E-state index in [0.29, 0.717) is 31.5 Å². The highest BCUT2D eigenvalue weighted by atomic mass is 19.2. The van der Waals surface area contributed by atoms with Crippen molar-refractivity contribution in [2.24, 2.45) is 0 Å². The van der Waals surface area contributed by atoms with Crippen molar-refractivity contribution in [2.45, 2.75) is 89.8 Å². The van der Waals surface area contributed by atoms with Crippen molar-refractivity contribution >= 4 is 12.0 Å². The van der Waals surface area contributed by atoms with Gasteiger partial charge >= 0.3 is 6.09 Å². The minimum absolute atomic E-state index is 0.0831. The van der Waals surface area contributed by atoms with Gasteiger partial charge in [0, 0.05) is 43.6 Å². The molecule has 0 spiro atoms. The Morgan fingerprint density at radius 1 is 1.05 bits per heavy atom. The molecule has 2 amide bonds. The maximum atomic E-state index is 14.5. The van der Waals surface area contributed by atoms with Gasteiger partial charge in [-0.05, 0) is 82.6 Å². The van der Waals surface area contributed by atoms with Gasteiger partial charge < -0.3 is 19.5 Å². The molecule has 1 N–H and O–H groups in total. The predicted molar refractivity (Wildman–Crippen MR) is 155 cm³/mol. The number of hydrogen-bond acceptors (Lipinski definition) is 5. The largest absolute Gasteiger partial charge is 0.444 e. The summed E-state index contributed by atoms with van der Waals surface area (Å²) >= 11 is 0. The Labute approximate surface area is 245 Å². The average molecular weight is 580 g/mol. The van der Waals surface area contributed by atoms with Crippen LogP contribution in [-0.2, 0) is 16.0 Å². The molecule has 2 fully saturated rings. The quantitative estimate of drug-likeness (QED) is 0.364. The second-order valence-corrected chi connectivity index (χ2v) is 12.5. The molecule has 10 heteroatoms. The third-order valence-corrected chi connectivity index (χ3v) is 8.00. The molecule has 42 heavy (non-hydrogen) atoms. The van der Waals surface area contributed by atoms with Crippen molar-refractivity contribution < 1.29 is 23.1 Å². The van der Waals surface area contributed by atoms with E-state index in [2.05, 4.69) is 9.88 Å². The molecule has 2 heterocycles. The third-order valence-electron chi connectivity index (χ3n) is 8.00. The fraction of sp³-hybridized carbons (Fsp3) is 0.500. The number of ether oxygens (including phenoxy) is 1. The highest BCUT2D eigenvalue weighted by molar-refractivity contribution is 5.73. The summed E-state index contributed by atoms with van der Waals surface area (Å²) in [6.45, 7) is 9.75. The first-order chi connectivity index (χ1) is 19.9. The smallest absolute Gasteiger partial charge is 0.410 e. The van der Waals surface area contributed by atoms with Crippen molar-refractivity contribution in [3.05, 3.63) is 71.1 Å². The summed E-state index contributed by atoms with van der Waals surface area (Å²) < 4.78 is 36.3. The molecule has 3 aromatic rings. The van der Waals surface area contributed by atoms with Crippen LogP contribution in [0.15, 0.2) is 42.5 Å². The van der Waals surface area contributed by atoms with Crippen LogP contribution in [0.3, 0.4) is 0 Å². The second kappa shape index (κ2) is 11.8. The first-order valence-corrected chi connectivity index (χ1v) is 14.6. The number of hydrogen-bond donors (Lipinski definition) is 1. The van der Waals surface area contributed by atoms with Crippen LogP contribution in [0.5, 0.6) is 0 Å². The molecule has 1 saturated carbocycles. The topological polar surface area (TPSA) is 89.3 Å². The van der Waals surface area contributed by atoms with Gasteiger partial charge in [0.05, 0.1) is 0 Å². The van der Waals surface area contributed by atoms with Crippen LogP contribution in [0.1, 0.15) is 88.7 Å². The van der Waals surface area contributed by atoms with Gasteiger partial charge in [0.25, 0.3) is 0 Å². The first kappa shape index (κ1) is 29.7. The number of benzene rings is 2. The van der Waals surface area contributed by atoms with Gasteiger partial charge in [0.2, 0.25) is 5.91 Å². The van der Waals surface area contributed by atoms with Crippen LogP contribution in [-0.4, -0.2) is 56.4 Å². The number of carbonyl (C=O) groups excluding carboxylic acids is 2. The van der Waals surface area contributed by atoms with Crippen molar-refractivity contribution in [3.63, 3.8) is 0 Å². The molecule has 1 aromatic heterocycles. The summed E-state index contributed by atoms with van der Waals surface area (Å²) in [4.78, 5) is 26.5. The number of nitrogens with one attached hydrogen (secondary N) is 1. The van der Waals surface area contributed by atoms with Crippen molar-refractivity contribution in [2.75, 3.05) is 13.1 Å². The predicted octanol–water partition coefficient (Wildman–Crippen LogP) is 6.13. The molecule has 1 saturated heterocycles. The van der Waals surface area contributed by atoms with Crippen molar-refractivity contribution in [1.29, 1.82) is 0 Å². The van der Waals surface area contributed by atoms with E-state index in [1.807, 2.05) is 52.0 Å². The molecule has 1 aliphatic heterocycles. The SMILES string of the molecule is CC(=O)NCCc1ccccc1-c1nnc([C@H]2CN(C(=O)OC(C)(C)C)[C@@H](C)C[C@@H]2c2ccc(F)c(F)c2)n1C1CC1. The number of rotatable bonds is 7. The van der Waals surface area contributed by atoms with Gasteiger partial charge in [-0.1, -0.05) is 30.3 Å². The maximum Gasteiger partial charge on any atom is 0.410 e. The number of carbonyl (C=O) groups is 2. The van der Waals surface area contributed by atoms with E-state index in [1.54, 1.807) is 11.0 Å². The standard InChI is InChI=1S/C32H39F2N5O3/c1-19-16-25(22-10-13-27(33)28(34)17-22)26(18-38(19)31(41)42-32(3,4)5)30-37-36-29(39(30)23-11-12-23)24-9-7-6-8-21(24)14-15-35-20(2)40/h6-10,13,17,19,23,25-26H,11-12,14-16,18H2,1-5H3,(H,35,40)/t19-,25+,26-/m0/s1. The maximum absolute atomic E-state index is 14.5. The van der Waals surface area contributed by atoms with E-state index in [9.17, 15) is 18.4 Å². The third kappa shape index (κ3) is 6.47. The van der Waals surface area contributed by atoms with E-state index in [4.69, 9.17) is 14.9 Å². The zero-order valence-corrected chi connectivity index (χ0v) is 24.9. The lowest BCUT2D eigenvalue weighted by molar-refractivity contribution is -0.118. The normalized spacial score (nSPS) is 20.8. The number of nitrogens with zero attached hydrogens (tertiary/aromatic N) is 4. The highest BCUT2D eigenvalue weighted by Gasteiger charge is 2.43. The summed E-state index contributed by atoms with van der Waals surface area (Å²) in [7, 11) is 0. The van der Waals surface area contributed by atoms with E-state index in [0.717, 1.165) is 41.7 Å². The molecule has 2 aromatic carbocycles. The fourth-order valence-corrected chi connectivity index (χ4v) is 5.89. The number of piperidine rings is 1. The lowest BCUT2D eigenvalue weighted by Gasteiger charge is -2.43. The summed E-state index contributed by atoms with van der Waals surface area (Å²) in [5.74, 6) is -0.970. The first-order valence-electron chi connectivity index (χ1n) is 14.6. The van der Waals surface area contributed by atoms with Gasteiger partial charge in [-0.25, -0.2) is 13.6 Å². The number of likely N-dealkylation sites (tertiary alicyclic amines) is 1. The molecule has 1 aliphatic carbocycles. The zero-order chi connectivity index (χ0) is 30.2. The van der Waals surface area contributed by atoms with Crippen LogP contribution in [0.4, 0.5) is 13.6 Å². The molecule has 8 nitrogen and oxygen atoms in total. The average Bonchev–Trinajstić information content (AvgIpc) is 3.67. The Balaban J connectivity index is 1.57. The molecule has 0 unspecified atom stereocenters. The van der Waals surface area contributed by atoms with E-state index in [-0.39, 0.29) is 29.8 Å². The Kier molecular flexibility index (Phi) is 8.35. The van der Waals surface area contributed by atoms with Gasteiger partial charge in [-0.15, -0.1) is 10.2 Å². The minimum atomic E-state index is -0.897. The summed E-state index contributed by atoms with van der Waals surface area (Å²) in [5, 5.41) is 12.3. The molecular formula is C32H39F2N5O3. The Morgan fingerprint density at radius 3 is 2.45 bits per heavy atom. The number of amides is 2. The zero-order valence-electron chi connectivity index (χ0n) is 24.9. The Bertz CT molecular complexity index is 1460. The van der Waals surface area contributed by atoms with Crippen LogP contribution in [0.25, 0.3) is 11.4 Å². The van der Waals surface area contributed by atoms with Gasteiger partial charge in [-0.2, -0.15) is 0 Å². The molecule has 3 atom stereocenters. The van der Waals surface area contributed by atoms with Crippen LogP contribution in [0.2, 0.25) is 0 Å². The summed E-state index contributed by atoms with van der Waals surface area (Å²) in [6, 6.07) is 12.0. The van der Waals surface area contributed by atoms with E-state index in [1.165, 1.54) is 13.0 Å². The second-order valence-electron chi connectivity index (χ2n) is 12.5. The summed E-state index contributed by atoms with van der Waals surface area (Å²) in [5.41, 5.74) is 1.98. The summed E-state index contributed by atoms with van der Waals surface area (Å²) in [6.07, 6.45) is 2.69. The van der Waals surface area contributed by atoms with Crippen molar-refractivity contribution in [3.8, 4) is 11.4 Å². The van der Waals surface area contributed by atoms with Crippen LogP contribution < -0.4 is 5.32 Å². The lowest BCUT2D eigenvalue weighted by atomic mass is 9.77. The van der Waals surface area contributed by atoms with Gasteiger partial charge in [0.15, 0.2) is 17.5 Å². The van der Waals surface area contributed by atoms with Gasteiger partial charge in [-0.3, -0.25) is 4.79 Å². The van der Waals surface area contributed by atoms with Crippen molar-refractivity contribution in [1.82, 2.24) is 25.0 Å². The molecule has 0 radical (unpaired) electrons. The van der Waals surface area contributed by atoms with Crippen LogP contribution in [0, 0.1) is 11.6 Å².